The van der Waals surface area contributed by atoms with Gasteiger partial charge in [-0.1, -0.05) is 30.4 Å². The van der Waals surface area contributed by atoms with Gasteiger partial charge in [0.05, 0.1) is 24.6 Å². The van der Waals surface area contributed by atoms with Crippen LogP contribution >= 0.6 is 15.9 Å². The molecule has 6 heteroatoms. The smallest absolute Gasteiger partial charge is 0.238 e. The maximum Gasteiger partial charge on any atom is 0.238 e. The molecule has 3 fully saturated rings. The van der Waals surface area contributed by atoms with Gasteiger partial charge in [-0.05, 0) is 88.0 Å². The summed E-state index contributed by atoms with van der Waals surface area (Å²) >= 11 is 3.41. The molecule has 1 heterocycles. The lowest BCUT2D eigenvalue weighted by atomic mass is 9.63. The zero-order valence-electron chi connectivity index (χ0n) is 18.0. The molecule has 166 valence electrons. The lowest BCUT2D eigenvalue weighted by Crippen LogP contribution is -2.40. The number of carbonyl (C=O) groups excluding carboxylic acids is 3. The van der Waals surface area contributed by atoms with Crippen molar-refractivity contribution in [1.82, 2.24) is 0 Å². The van der Waals surface area contributed by atoms with Crippen LogP contribution in [0.5, 0.6) is 5.75 Å². The summed E-state index contributed by atoms with van der Waals surface area (Å²) in [4.78, 5) is 40.4. The summed E-state index contributed by atoms with van der Waals surface area (Å²) in [6.07, 6.45) is 8.76. The number of benzene rings is 2. The zero-order valence-corrected chi connectivity index (χ0v) is 19.6. The first-order chi connectivity index (χ1) is 16.0. The molecule has 0 N–H and O–H groups in total. The van der Waals surface area contributed by atoms with Crippen LogP contribution in [0.4, 0.5) is 5.69 Å². The van der Waals surface area contributed by atoms with E-state index in [1.54, 1.807) is 43.5 Å². The Morgan fingerprint density at radius 2 is 1.64 bits per heavy atom. The average Bonchev–Trinajstić information content (AvgIpc) is 3.61. The number of nitrogens with zero attached hydrogens (tertiary/aromatic N) is 1. The molecule has 0 radical (unpaired) electrons. The number of imide groups is 1. The molecule has 2 aromatic rings. The molecular formula is C27H22BrNO4. The molecule has 33 heavy (non-hydrogen) atoms. The van der Waals surface area contributed by atoms with E-state index >= 15 is 0 Å². The van der Waals surface area contributed by atoms with Crippen molar-refractivity contribution in [2.75, 3.05) is 12.0 Å². The quantitative estimate of drug-likeness (QED) is 0.251. The summed E-state index contributed by atoms with van der Waals surface area (Å²) < 4.78 is 5.83. The second-order valence-corrected chi connectivity index (χ2v) is 10.2. The molecular weight excluding hydrogens is 482 g/mol. The number of anilines is 1. The highest BCUT2D eigenvalue weighted by Gasteiger charge is 2.67. The topological polar surface area (TPSA) is 63.7 Å². The van der Waals surface area contributed by atoms with Gasteiger partial charge in [0.1, 0.15) is 5.75 Å². The molecule has 7 rings (SSSR count). The third kappa shape index (κ3) is 3.15. The maximum absolute atomic E-state index is 13.2. The molecule has 4 aliphatic carbocycles. The summed E-state index contributed by atoms with van der Waals surface area (Å²) in [5.74, 6) is 1.65. The Morgan fingerprint density at radius 1 is 1.00 bits per heavy atom. The Kier molecular flexibility index (Phi) is 4.70. The molecule has 0 unspecified atom stereocenters. The molecule has 0 spiro atoms. The van der Waals surface area contributed by atoms with E-state index in [9.17, 15) is 14.4 Å². The van der Waals surface area contributed by atoms with Crippen molar-refractivity contribution in [3.63, 3.8) is 0 Å². The van der Waals surface area contributed by atoms with Gasteiger partial charge in [-0.2, -0.15) is 0 Å². The van der Waals surface area contributed by atoms with Crippen LogP contribution in [0.1, 0.15) is 22.3 Å². The van der Waals surface area contributed by atoms with Crippen molar-refractivity contribution in [2.24, 2.45) is 35.5 Å². The van der Waals surface area contributed by atoms with Crippen LogP contribution in [-0.2, 0) is 9.59 Å². The van der Waals surface area contributed by atoms with E-state index in [0.717, 1.165) is 12.0 Å². The number of allylic oxidation sites excluding steroid dienone is 3. The number of methoxy groups -OCH3 is 1. The van der Waals surface area contributed by atoms with E-state index in [4.69, 9.17) is 4.74 Å². The monoisotopic (exact) mass is 503 g/mol. The summed E-state index contributed by atoms with van der Waals surface area (Å²) in [6.45, 7) is 0. The molecule has 2 bridgehead atoms. The normalized spacial score (nSPS) is 31.2. The molecule has 6 atom stereocenters. The largest absolute Gasteiger partial charge is 0.497 e. The van der Waals surface area contributed by atoms with E-state index < -0.39 is 0 Å². The van der Waals surface area contributed by atoms with E-state index in [1.165, 1.54) is 11.0 Å². The number of carbonyl (C=O) groups is 3. The Hall–Kier alpha value is -2.99. The van der Waals surface area contributed by atoms with Gasteiger partial charge in [-0.15, -0.1) is 0 Å². The van der Waals surface area contributed by atoms with Crippen molar-refractivity contribution < 1.29 is 19.1 Å². The fourth-order valence-electron chi connectivity index (χ4n) is 6.03. The van der Waals surface area contributed by atoms with Gasteiger partial charge in [0.25, 0.3) is 0 Å². The predicted octanol–water partition coefficient (Wildman–Crippen LogP) is 4.91. The highest BCUT2D eigenvalue weighted by molar-refractivity contribution is 9.10. The second-order valence-electron chi connectivity index (χ2n) is 9.30. The van der Waals surface area contributed by atoms with Crippen LogP contribution in [0, 0.1) is 35.5 Å². The van der Waals surface area contributed by atoms with Crippen LogP contribution < -0.4 is 9.64 Å². The van der Waals surface area contributed by atoms with Gasteiger partial charge in [-0.3, -0.25) is 19.3 Å². The minimum atomic E-state index is -0.198. The highest BCUT2D eigenvalue weighted by Crippen LogP contribution is 2.65. The number of hydrogen-bond donors (Lipinski definition) is 0. The molecule has 1 saturated heterocycles. The van der Waals surface area contributed by atoms with Crippen LogP contribution in [0.3, 0.4) is 0 Å². The van der Waals surface area contributed by atoms with Gasteiger partial charge >= 0.3 is 0 Å². The fraction of sp³-hybridized carbons (Fsp3) is 0.296. The second kappa shape index (κ2) is 7.52. The van der Waals surface area contributed by atoms with E-state index in [1.807, 2.05) is 12.1 Å². The number of rotatable bonds is 5. The standard InChI is InChI=1S/C27H22BrNO4/c1-33-16-7-8-19(22(28)12-16)23(30)11-4-14-2-5-15(6-3-14)29-26(31)24-17-9-10-18(21-13-20(17)21)25(24)27(29)32/h2-12,17-18,20-21,24-25H,13H2,1H3/b11-4+/t17-,18+,20+,21-,24-,25+. The predicted molar refractivity (Wildman–Crippen MR) is 128 cm³/mol. The molecule has 5 aliphatic rings. The number of hydrogen-bond acceptors (Lipinski definition) is 4. The third-order valence-corrected chi connectivity index (χ3v) is 8.34. The lowest BCUT2D eigenvalue weighted by Gasteiger charge is -2.37. The number of halogens is 1. The molecule has 2 saturated carbocycles. The van der Waals surface area contributed by atoms with Crippen molar-refractivity contribution in [1.29, 1.82) is 0 Å². The SMILES string of the molecule is COc1ccc(C(=O)/C=C/c2ccc(N3C(=O)[C@@H]4[C@@H]5C=C[C@@H]([C@H]6C[C@@H]56)[C@@H]4C3=O)cc2)c(Br)c1. The average molecular weight is 504 g/mol. The maximum atomic E-state index is 13.2. The van der Waals surface area contributed by atoms with Crippen LogP contribution in [0.15, 0.2) is 65.2 Å². The molecule has 5 nitrogen and oxygen atoms in total. The summed E-state index contributed by atoms with van der Waals surface area (Å²) in [5, 5.41) is 0. The first-order valence-electron chi connectivity index (χ1n) is 11.2. The van der Waals surface area contributed by atoms with Crippen molar-refractivity contribution in [3.05, 3.63) is 76.3 Å². The molecule has 2 amide bonds. The van der Waals surface area contributed by atoms with Crippen LogP contribution in [0.25, 0.3) is 6.08 Å². The third-order valence-electron chi connectivity index (χ3n) is 7.68. The van der Waals surface area contributed by atoms with Crippen LogP contribution in [-0.4, -0.2) is 24.7 Å². The molecule has 1 aliphatic heterocycles. The van der Waals surface area contributed by atoms with Crippen molar-refractivity contribution >= 4 is 45.3 Å². The fourth-order valence-corrected chi connectivity index (χ4v) is 6.58. The Labute approximate surface area is 200 Å². The lowest BCUT2D eigenvalue weighted by molar-refractivity contribution is -0.124. The Morgan fingerprint density at radius 3 is 2.21 bits per heavy atom. The summed E-state index contributed by atoms with van der Waals surface area (Å²) in [6, 6.07) is 12.4. The minimum Gasteiger partial charge on any atom is -0.497 e. The first-order valence-corrected chi connectivity index (χ1v) is 12.0. The van der Waals surface area contributed by atoms with Gasteiger partial charge in [0.2, 0.25) is 11.8 Å². The zero-order chi connectivity index (χ0) is 22.9. The van der Waals surface area contributed by atoms with E-state index in [0.29, 0.717) is 33.3 Å². The number of ether oxygens (including phenoxy) is 1. The van der Waals surface area contributed by atoms with E-state index in [-0.39, 0.29) is 41.3 Å². The Bertz CT molecular complexity index is 1210. The van der Waals surface area contributed by atoms with Gasteiger partial charge in [0.15, 0.2) is 5.78 Å². The highest BCUT2D eigenvalue weighted by atomic mass is 79.9. The van der Waals surface area contributed by atoms with Crippen LogP contribution in [0.2, 0.25) is 0 Å². The Balaban J connectivity index is 1.19. The van der Waals surface area contributed by atoms with Crippen molar-refractivity contribution in [2.45, 2.75) is 6.42 Å². The number of amides is 2. The van der Waals surface area contributed by atoms with Gasteiger partial charge in [-0.25, -0.2) is 0 Å². The minimum absolute atomic E-state index is 0.0578. The van der Waals surface area contributed by atoms with E-state index in [2.05, 4.69) is 28.1 Å². The van der Waals surface area contributed by atoms with Gasteiger partial charge < -0.3 is 4.74 Å². The molecule has 0 aromatic heterocycles. The first kappa shape index (κ1) is 20.6. The molecule has 2 aromatic carbocycles. The van der Waals surface area contributed by atoms with Crippen molar-refractivity contribution in [3.8, 4) is 5.75 Å². The number of ketones is 1. The summed E-state index contributed by atoms with van der Waals surface area (Å²) in [5.41, 5.74) is 1.96. The van der Waals surface area contributed by atoms with Gasteiger partial charge in [0, 0.05) is 10.0 Å². The summed E-state index contributed by atoms with van der Waals surface area (Å²) in [7, 11) is 1.58.